The Labute approximate surface area is 316 Å². The molecule has 11 nitrogen and oxygen atoms in total. The second-order valence-corrected chi connectivity index (χ2v) is 13.2. The molecular formula is C44H31N11. The van der Waals surface area contributed by atoms with Gasteiger partial charge in [0, 0.05) is 38.6 Å². The van der Waals surface area contributed by atoms with Gasteiger partial charge in [0.15, 0.2) is 29.1 Å². The van der Waals surface area contributed by atoms with Gasteiger partial charge in [0.1, 0.15) is 29.4 Å². The molecule has 0 aliphatic heterocycles. The molecule has 0 aliphatic carbocycles. The maximum absolute atomic E-state index is 10.5. The third-order valence-electron chi connectivity index (χ3n) is 9.32. The Morgan fingerprint density at radius 1 is 0.400 bits per heavy atom. The average Bonchev–Trinajstić information content (AvgIpc) is 3.53. The van der Waals surface area contributed by atoms with Gasteiger partial charge in [0.05, 0.1) is 22.3 Å². The van der Waals surface area contributed by atoms with Crippen LogP contribution < -0.4 is 0 Å². The Balaban J connectivity index is 1.29. The fraction of sp³-hybridized carbons (Fsp3) is 0.0909. The van der Waals surface area contributed by atoms with Crippen LogP contribution in [0.2, 0.25) is 0 Å². The number of aryl methyl sites for hydroxylation is 4. The highest BCUT2D eigenvalue weighted by Crippen LogP contribution is 2.38. The molecular weight excluding hydrogens is 683 g/mol. The van der Waals surface area contributed by atoms with Crippen molar-refractivity contribution in [3.63, 3.8) is 0 Å². The van der Waals surface area contributed by atoms with Crippen molar-refractivity contribution in [2.75, 3.05) is 0 Å². The largest absolute Gasteiger partial charge is 0.308 e. The van der Waals surface area contributed by atoms with Crippen LogP contribution in [0, 0.1) is 39.0 Å². The van der Waals surface area contributed by atoms with Crippen LogP contribution in [-0.4, -0.2) is 49.4 Å². The van der Waals surface area contributed by atoms with Gasteiger partial charge in [-0.2, -0.15) is 5.26 Å². The van der Waals surface area contributed by atoms with E-state index in [9.17, 15) is 5.26 Å². The van der Waals surface area contributed by atoms with Gasteiger partial charge in [-0.25, -0.2) is 44.9 Å². The highest BCUT2D eigenvalue weighted by molar-refractivity contribution is 6.11. The zero-order chi connectivity index (χ0) is 37.6. The number of rotatable bonds is 6. The van der Waals surface area contributed by atoms with E-state index < -0.39 is 0 Å². The van der Waals surface area contributed by atoms with Crippen molar-refractivity contribution < 1.29 is 0 Å². The molecule has 0 amide bonds. The van der Waals surface area contributed by atoms with Crippen LogP contribution in [0.3, 0.4) is 0 Å². The number of nitriles is 1. The second kappa shape index (κ2) is 13.4. The Morgan fingerprint density at radius 3 is 1.22 bits per heavy atom. The first-order valence-corrected chi connectivity index (χ1v) is 17.7. The van der Waals surface area contributed by atoms with E-state index in [0.29, 0.717) is 63.7 Å². The van der Waals surface area contributed by atoms with Gasteiger partial charge < -0.3 is 4.57 Å². The number of aromatic nitrogens is 10. The van der Waals surface area contributed by atoms with Crippen LogP contribution in [0.15, 0.2) is 115 Å². The molecule has 0 saturated carbocycles. The normalized spacial score (nSPS) is 11.3. The molecule has 0 fully saturated rings. The molecule has 9 aromatic rings. The zero-order valence-corrected chi connectivity index (χ0v) is 30.4. The third-order valence-corrected chi connectivity index (χ3v) is 9.32. The molecule has 0 radical (unpaired) electrons. The lowest BCUT2D eigenvalue weighted by Crippen LogP contribution is -2.02. The minimum absolute atomic E-state index is 0.490. The number of fused-ring (bicyclic) bond motifs is 3. The molecule has 0 N–H and O–H groups in total. The van der Waals surface area contributed by atoms with E-state index >= 15 is 0 Å². The van der Waals surface area contributed by atoms with Gasteiger partial charge in [-0.15, -0.1) is 0 Å². The Kier molecular flexibility index (Phi) is 8.13. The number of nitrogens with zero attached hydrogens (tertiary/aromatic N) is 11. The van der Waals surface area contributed by atoms with E-state index in [2.05, 4.69) is 52.7 Å². The number of benzene rings is 5. The second-order valence-electron chi connectivity index (χ2n) is 13.2. The van der Waals surface area contributed by atoms with E-state index in [0.717, 1.165) is 49.6 Å². The molecule has 4 heterocycles. The molecule has 4 aromatic heterocycles. The smallest absolute Gasteiger partial charge is 0.164 e. The molecule has 55 heavy (non-hydrogen) atoms. The summed E-state index contributed by atoms with van der Waals surface area (Å²) < 4.78 is 2.12. The highest BCUT2D eigenvalue weighted by atomic mass is 15.0. The topological polar surface area (TPSA) is 145 Å². The standard InChI is InChI=1S/C44H31N11/c1-25-46-26(2)49-42(48-25)31-17-19-37-35(21-31)36-22-32(43-50-27(3)47-28(4)51-43)18-20-38(36)55(37)39-23-33(15-16-34(39)24-45)44-53-40(29-11-7-5-8-12-29)52-41(54-44)30-13-9-6-10-14-30/h5-23H,1-4H3. The molecule has 0 atom stereocenters. The van der Waals surface area contributed by atoms with Gasteiger partial charge in [-0.05, 0) is 82.3 Å². The fourth-order valence-electron chi connectivity index (χ4n) is 6.94. The van der Waals surface area contributed by atoms with E-state index in [1.165, 1.54) is 0 Å². The molecule has 262 valence electrons. The molecule has 0 aliphatic rings. The summed E-state index contributed by atoms with van der Waals surface area (Å²) in [6.07, 6.45) is 0. The van der Waals surface area contributed by atoms with E-state index in [1.807, 2.05) is 131 Å². The van der Waals surface area contributed by atoms with Gasteiger partial charge in [0.25, 0.3) is 0 Å². The first-order valence-electron chi connectivity index (χ1n) is 17.7. The average molecular weight is 714 g/mol. The zero-order valence-electron chi connectivity index (χ0n) is 30.4. The number of hydrogen-bond donors (Lipinski definition) is 0. The Bertz CT molecular complexity index is 2780. The van der Waals surface area contributed by atoms with Crippen molar-refractivity contribution in [1.82, 2.24) is 49.4 Å². The van der Waals surface area contributed by atoms with Crippen LogP contribution in [0.25, 0.3) is 84.4 Å². The summed E-state index contributed by atoms with van der Waals surface area (Å²) in [4.78, 5) is 42.2. The van der Waals surface area contributed by atoms with E-state index in [-0.39, 0.29) is 0 Å². The lowest BCUT2D eigenvalue weighted by molar-refractivity contribution is 0.928. The summed E-state index contributed by atoms with van der Waals surface area (Å²) in [5.74, 6) is 5.36. The quantitative estimate of drug-likeness (QED) is 0.164. The molecule has 0 unspecified atom stereocenters. The Morgan fingerprint density at radius 2 is 0.782 bits per heavy atom. The number of hydrogen-bond acceptors (Lipinski definition) is 10. The van der Waals surface area contributed by atoms with Crippen LogP contribution in [-0.2, 0) is 0 Å². The third kappa shape index (κ3) is 6.21. The summed E-state index contributed by atoms with van der Waals surface area (Å²) in [6, 6.07) is 40.2. The van der Waals surface area contributed by atoms with Crippen LogP contribution in [0.1, 0.15) is 28.9 Å². The van der Waals surface area contributed by atoms with Crippen LogP contribution in [0.4, 0.5) is 0 Å². The molecule has 11 heteroatoms. The van der Waals surface area contributed by atoms with Crippen molar-refractivity contribution in [1.29, 1.82) is 5.26 Å². The molecule has 0 spiro atoms. The predicted octanol–water partition coefficient (Wildman–Crippen LogP) is 8.78. The molecule has 0 saturated heterocycles. The lowest BCUT2D eigenvalue weighted by atomic mass is 10.1. The van der Waals surface area contributed by atoms with Gasteiger partial charge >= 0.3 is 0 Å². The van der Waals surface area contributed by atoms with E-state index in [4.69, 9.17) is 15.0 Å². The minimum Gasteiger partial charge on any atom is -0.308 e. The SMILES string of the molecule is Cc1nc(C)nc(-c2ccc3c(c2)c2cc(-c4nc(C)nc(C)n4)ccc2n3-c2cc(-c3nc(-c4ccccc4)nc(-c4ccccc4)n3)ccc2C#N)n1. The first-order chi connectivity index (χ1) is 26.8. The fourth-order valence-corrected chi connectivity index (χ4v) is 6.94. The summed E-state index contributed by atoms with van der Waals surface area (Å²) in [7, 11) is 0. The van der Waals surface area contributed by atoms with Crippen LogP contribution >= 0.6 is 0 Å². The maximum atomic E-state index is 10.5. The van der Waals surface area contributed by atoms with E-state index in [1.54, 1.807) is 0 Å². The predicted molar refractivity (Wildman–Crippen MR) is 212 cm³/mol. The van der Waals surface area contributed by atoms with Crippen molar-refractivity contribution in [2.45, 2.75) is 27.7 Å². The molecule has 9 rings (SSSR count). The highest BCUT2D eigenvalue weighted by Gasteiger charge is 2.20. The maximum Gasteiger partial charge on any atom is 0.164 e. The monoisotopic (exact) mass is 713 g/mol. The van der Waals surface area contributed by atoms with Crippen molar-refractivity contribution in [3.05, 3.63) is 144 Å². The first kappa shape index (κ1) is 33.3. The van der Waals surface area contributed by atoms with Crippen molar-refractivity contribution in [3.8, 4) is 68.7 Å². The van der Waals surface area contributed by atoms with Gasteiger partial charge in [-0.1, -0.05) is 60.7 Å². The Hall–Kier alpha value is -7.58. The van der Waals surface area contributed by atoms with Gasteiger partial charge in [-0.3, -0.25) is 0 Å². The van der Waals surface area contributed by atoms with Crippen molar-refractivity contribution in [2.24, 2.45) is 0 Å². The summed E-state index contributed by atoms with van der Waals surface area (Å²) >= 11 is 0. The molecule has 5 aromatic carbocycles. The summed E-state index contributed by atoms with van der Waals surface area (Å²) in [6.45, 7) is 7.45. The molecule has 0 bridgehead atoms. The minimum atomic E-state index is 0.490. The lowest BCUT2D eigenvalue weighted by Gasteiger charge is -2.13. The van der Waals surface area contributed by atoms with Crippen molar-refractivity contribution >= 4 is 21.8 Å². The summed E-state index contributed by atoms with van der Waals surface area (Å²) in [5, 5.41) is 12.4. The van der Waals surface area contributed by atoms with Crippen LogP contribution in [0.5, 0.6) is 0 Å². The summed E-state index contributed by atoms with van der Waals surface area (Å²) in [5.41, 5.74) is 7.13. The van der Waals surface area contributed by atoms with Gasteiger partial charge in [0.2, 0.25) is 0 Å².